The second-order valence-corrected chi connectivity index (χ2v) is 4.43. The lowest BCUT2D eigenvalue weighted by Crippen LogP contribution is -2.04. The van der Waals surface area contributed by atoms with E-state index in [2.05, 4.69) is 19.7 Å². The lowest BCUT2D eigenvalue weighted by Gasteiger charge is -2.05. The summed E-state index contributed by atoms with van der Waals surface area (Å²) in [6, 6.07) is 0.999. The Hall–Kier alpha value is -2.55. The minimum atomic E-state index is -3.04. The molecule has 1 N–H and O–H groups in total. The maximum Gasteiger partial charge on any atom is 0.417 e. The van der Waals surface area contributed by atoms with Gasteiger partial charge >= 0.3 is 12.4 Å². The van der Waals surface area contributed by atoms with Crippen molar-refractivity contribution >= 4 is 22.7 Å². The average Bonchev–Trinajstić information content (AvgIpc) is 2.85. The maximum atomic E-state index is 13.8. The van der Waals surface area contributed by atoms with Crippen molar-refractivity contribution in [3.8, 4) is 17.1 Å². The molecule has 0 aliphatic rings. The summed E-state index contributed by atoms with van der Waals surface area (Å²) >= 11 is 5.74. The highest BCUT2D eigenvalue weighted by molar-refractivity contribution is 6.35. The molecule has 0 aliphatic carbocycles. The fourth-order valence-electron chi connectivity index (χ4n) is 1.84. The molecule has 6 nitrogen and oxygen atoms in total. The fourth-order valence-corrected chi connectivity index (χ4v) is 2.03. The SMILES string of the molecule is O=c1[nH]c2c(Cl)c(F)cc(-c3cnc(OC(F)F)cn3)c2o1. The molecule has 114 valence electrons. The standard InChI is InChI=1S/C12H5ClF3N3O3/c13-8-5(14)1-4(10-9(8)19-12(20)22-10)6-2-18-7(3-17-6)21-11(15)16/h1-3,11H,(H,19,20). The molecule has 1 aromatic carbocycles. The number of oxazole rings is 1. The molecule has 0 aliphatic heterocycles. The predicted octanol–water partition coefficient (Wildman–Crippen LogP) is 2.97. The zero-order valence-corrected chi connectivity index (χ0v) is 11.2. The first-order valence-corrected chi connectivity index (χ1v) is 6.11. The number of nitrogens with one attached hydrogen (secondary N) is 1. The molecule has 0 atom stereocenters. The molecule has 22 heavy (non-hydrogen) atoms. The molecule has 0 fully saturated rings. The topological polar surface area (TPSA) is 81.0 Å². The first-order valence-electron chi connectivity index (χ1n) is 5.73. The molecule has 10 heteroatoms. The summed E-state index contributed by atoms with van der Waals surface area (Å²) < 4.78 is 46.8. The van der Waals surface area contributed by atoms with Crippen LogP contribution in [-0.4, -0.2) is 21.6 Å². The lowest BCUT2D eigenvalue weighted by atomic mass is 10.1. The number of aromatic amines is 1. The second-order valence-electron chi connectivity index (χ2n) is 4.06. The molecule has 0 amide bonds. The van der Waals surface area contributed by atoms with E-state index in [0.717, 1.165) is 18.5 Å². The smallest absolute Gasteiger partial charge is 0.415 e. The summed E-state index contributed by atoms with van der Waals surface area (Å²) in [5.74, 6) is -2.04. The van der Waals surface area contributed by atoms with E-state index in [1.54, 1.807) is 0 Å². The number of H-pyrrole nitrogens is 1. The van der Waals surface area contributed by atoms with Crippen LogP contribution in [0.5, 0.6) is 5.88 Å². The van der Waals surface area contributed by atoms with Crippen LogP contribution >= 0.6 is 11.6 Å². The summed E-state index contributed by atoms with van der Waals surface area (Å²) in [6.07, 6.45) is 2.01. The van der Waals surface area contributed by atoms with Crippen LogP contribution in [0.15, 0.2) is 27.7 Å². The fraction of sp³-hybridized carbons (Fsp3) is 0.0833. The van der Waals surface area contributed by atoms with Gasteiger partial charge in [0.15, 0.2) is 5.58 Å². The van der Waals surface area contributed by atoms with Crippen molar-refractivity contribution in [2.45, 2.75) is 6.61 Å². The first kappa shape index (κ1) is 14.4. The van der Waals surface area contributed by atoms with Crippen LogP contribution in [0, 0.1) is 5.82 Å². The Labute approximate surface area is 124 Å². The van der Waals surface area contributed by atoms with E-state index in [-0.39, 0.29) is 27.4 Å². The van der Waals surface area contributed by atoms with Gasteiger partial charge in [-0.15, -0.1) is 0 Å². The van der Waals surface area contributed by atoms with Gasteiger partial charge < -0.3 is 9.15 Å². The van der Waals surface area contributed by atoms with Gasteiger partial charge in [-0.25, -0.2) is 19.2 Å². The van der Waals surface area contributed by atoms with Gasteiger partial charge in [0.05, 0.1) is 18.1 Å². The van der Waals surface area contributed by atoms with Gasteiger partial charge in [-0.1, -0.05) is 11.6 Å². The van der Waals surface area contributed by atoms with E-state index in [1.807, 2.05) is 0 Å². The second kappa shape index (κ2) is 5.34. The molecule has 2 aromatic heterocycles. The number of hydrogen-bond donors (Lipinski definition) is 1. The molecule has 2 heterocycles. The number of halogens is 4. The highest BCUT2D eigenvalue weighted by Gasteiger charge is 2.18. The minimum Gasteiger partial charge on any atom is -0.415 e. The lowest BCUT2D eigenvalue weighted by molar-refractivity contribution is -0.0530. The van der Waals surface area contributed by atoms with Crippen molar-refractivity contribution in [3.63, 3.8) is 0 Å². The minimum absolute atomic E-state index is 0.0202. The Bertz CT molecular complexity index is 892. The highest BCUT2D eigenvalue weighted by atomic mass is 35.5. The number of alkyl halides is 2. The number of ether oxygens (including phenoxy) is 1. The van der Waals surface area contributed by atoms with Crippen molar-refractivity contribution in [1.82, 2.24) is 15.0 Å². The van der Waals surface area contributed by atoms with Crippen LogP contribution in [0.4, 0.5) is 13.2 Å². The molecular weight excluding hydrogens is 327 g/mol. The zero-order valence-electron chi connectivity index (χ0n) is 10.4. The molecule has 0 saturated carbocycles. The number of rotatable bonds is 3. The molecular formula is C12H5ClF3N3O3. The average molecular weight is 332 g/mol. The van der Waals surface area contributed by atoms with Gasteiger partial charge in [0.25, 0.3) is 0 Å². The molecule has 3 rings (SSSR count). The van der Waals surface area contributed by atoms with E-state index < -0.39 is 24.1 Å². The molecule has 0 radical (unpaired) electrons. The Kier molecular flexibility index (Phi) is 3.49. The monoisotopic (exact) mass is 331 g/mol. The molecule has 0 saturated heterocycles. The molecule has 0 unspecified atom stereocenters. The van der Waals surface area contributed by atoms with Crippen LogP contribution in [0.1, 0.15) is 0 Å². The van der Waals surface area contributed by atoms with Gasteiger partial charge in [-0.05, 0) is 6.07 Å². The van der Waals surface area contributed by atoms with Gasteiger partial charge in [0.1, 0.15) is 16.4 Å². The largest absolute Gasteiger partial charge is 0.417 e. The van der Waals surface area contributed by atoms with Crippen molar-refractivity contribution in [3.05, 3.63) is 39.9 Å². The van der Waals surface area contributed by atoms with Crippen molar-refractivity contribution < 1.29 is 22.3 Å². The Morgan fingerprint density at radius 2 is 2.09 bits per heavy atom. The third-order valence-corrected chi connectivity index (χ3v) is 3.08. The van der Waals surface area contributed by atoms with E-state index in [0.29, 0.717) is 0 Å². The van der Waals surface area contributed by atoms with Crippen molar-refractivity contribution in [2.24, 2.45) is 0 Å². The first-order chi connectivity index (χ1) is 10.5. The molecule has 0 bridgehead atoms. The Morgan fingerprint density at radius 3 is 2.73 bits per heavy atom. The highest BCUT2D eigenvalue weighted by Crippen LogP contribution is 2.32. The number of fused-ring (bicyclic) bond motifs is 1. The summed E-state index contributed by atoms with van der Waals surface area (Å²) in [5.41, 5.74) is 0.126. The number of nitrogens with zero attached hydrogens (tertiary/aromatic N) is 2. The van der Waals surface area contributed by atoms with Gasteiger partial charge in [0.2, 0.25) is 5.88 Å². The summed E-state index contributed by atoms with van der Waals surface area (Å²) in [4.78, 5) is 21.0. The summed E-state index contributed by atoms with van der Waals surface area (Å²) in [5, 5.41) is -0.310. The molecule has 3 aromatic rings. The van der Waals surface area contributed by atoms with Crippen LogP contribution in [0.3, 0.4) is 0 Å². The van der Waals surface area contributed by atoms with E-state index in [1.165, 1.54) is 0 Å². The number of hydrogen-bond acceptors (Lipinski definition) is 5. The van der Waals surface area contributed by atoms with E-state index in [4.69, 9.17) is 16.0 Å². The van der Waals surface area contributed by atoms with Crippen LogP contribution in [0.2, 0.25) is 5.02 Å². The number of benzene rings is 1. The molecule has 0 spiro atoms. The van der Waals surface area contributed by atoms with Crippen molar-refractivity contribution in [2.75, 3.05) is 0 Å². The van der Waals surface area contributed by atoms with Gasteiger partial charge in [-0.2, -0.15) is 8.78 Å². The van der Waals surface area contributed by atoms with Crippen LogP contribution in [0.25, 0.3) is 22.4 Å². The van der Waals surface area contributed by atoms with Crippen LogP contribution in [-0.2, 0) is 0 Å². The summed E-state index contributed by atoms with van der Waals surface area (Å²) in [6.45, 7) is -3.04. The van der Waals surface area contributed by atoms with E-state index >= 15 is 0 Å². The normalized spacial score (nSPS) is 11.3. The third kappa shape index (κ3) is 2.50. The van der Waals surface area contributed by atoms with Gasteiger partial charge in [0, 0.05) is 5.56 Å². The Balaban J connectivity index is 2.14. The third-order valence-electron chi connectivity index (χ3n) is 2.71. The Morgan fingerprint density at radius 1 is 1.32 bits per heavy atom. The quantitative estimate of drug-likeness (QED) is 0.798. The van der Waals surface area contributed by atoms with Crippen LogP contribution < -0.4 is 10.5 Å². The van der Waals surface area contributed by atoms with E-state index in [9.17, 15) is 18.0 Å². The van der Waals surface area contributed by atoms with Gasteiger partial charge in [-0.3, -0.25) is 4.98 Å². The van der Waals surface area contributed by atoms with Crippen molar-refractivity contribution in [1.29, 1.82) is 0 Å². The predicted molar refractivity (Wildman–Crippen MR) is 69.5 cm³/mol. The maximum absolute atomic E-state index is 13.8. The summed E-state index contributed by atoms with van der Waals surface area (Å²) in [7, 11) is 0. The zero-order chi connectivity index (χ0) is 15.9. The number of aromatic nitrogens is 3.